The zero-order chi connectivity index (χ0) is 21.3. The van der Waals surface area contributed by atoms with E-state index in [2.05, 4.69) is 15.5 Å². The van der Waals surface area contributed by atoms with E-state index in [1.165, 1.54) is 11.7 Å². The predicted octanol–water partition coefficient (Wildman–Crippen LogP) is 2.70. The first-order chi connectivity index (χ1) is 14.5. The van der Waals surface area contributed by atoms with Crippen LogP contribution in [0.1, 0.15) is 11.3 Å². The maximum atomic E-state index is 12.3. The zero-order valence-electron chi connectivity index (χ0n) is 16.6. The van der Waals surface area contributed by atoms with E-state index in [0.717, 1.165) is 16.1 Å². The highest BCUT2D eigenvalue weighted by atomic mass is 35.5. The van der Waals surface area contributed by atoms with Crippen LogP contribution in [0.25, 0.3) is 11.4 Å². The van der Waals surface area contributed by atoms with Gasteiger partial charge in [-0.05, 0) is 53.7 Å². The first kappa shape index (κ1) is 19.7. The normalized spacial score (nSPS) is 10.9. The molecule has 0 spiro atoms. The van der Waals surface area contributed by atoms with Crippen LogP contribution in [0.5, 0.6) is 11.5 Å². The molecule has 10 heteroatoms. The van der Waals surface area contributed by atoms with Gasteiger partial charge in [0.05, 0.1) is 34.8 Å². The van der Waals surface area contributed by atoms with Crippen molar-refractivity contribution >= 4 is 11.6 Å². The molecule has 0 aliphatic heterocycles. The third-order valence-electron chi connectivity index (χ3n) is 4.55. The Balaban J connectivity index is 1.64. The first-order valence-electron chi connectivity index (χ1n) is 9.08. The van der Waals surface area contributed by atoms with Gasteiger partial charge in [-0.15, -0.1) is 0 Å². The average Bonchev–Trinajstić information content (AvgIpc) is 3.32. The van der Waals surface area contributed by atoms with Crippen molar-refractivity contribution in [2.24, 2.45) is 7.05 Å². The molecule has 0 amide bonds. The van der Waals surface area contributed by atoms with Gasteiger partial charge in [0.15, 0.2) is 0 Å². The Morgan fingerprint density at radius 1 is 1.10 bits per heavy atom. The second-order valence-electron chi connectivity index (χ2n) is 6.56. The molecule has 0 saturated carbocycles. The minimum absolute atomic E-state index is 0.113. The molecule has 0 fully saturated rings. The molecule has 0 saturated heterocycles. The number of halogens is 1. The highest BCUT2D eigenvalue weighted by Gasteiger charge is 2.16. The van der Waals surface area contributed by atoms with E-state index < -0.39 is 0 Å². The first-order valence-corrected chi connectivity index (χ1v) is 9.46. The Morgan fingerprint density at radius 3 is 2.57 bits per heavy atom. The average molecular weight is 427 g/mol. The number of aryl methyl sites for hydroxylation is 2. The Hall–Kier alpha value is -3.59. The van der Waals surface area contributed by atoms with E-state index in [-0.39, 0.29) is 12.3 Å². The van der Waals surface area contributed by atoms with E-state index in [9.17, 15) is 4.79 Å². The minimum atomic E-state index is -0.374. The van der Waals surface area contributed by atoms with E-state index in [4.69, 9.17) is 21.1 Å². The fraction of sp³-hybridized carbons (Fsp3) is 0.200. The lowest BCUT2D eigenvalue weighted by atomic mass is 10.1. The van der Waals surface area contributed by atoms with Crippen LogP contribution in [-0.4, -0.2) is 36.7 Å². The molecular weight excluding hydrogens is 408 g/mol. The molecule has 0 aliphatic rings. The number of rotatable bonds is 6. The maximum absolute atomic E-state index is 12.3. The van der Waals surface area contributed by atoms with Crippen LogP contribution < -0.4 is 15.2 Å². The molecule has 0 bridgehead atoms. The van der Waals surface area contributed by atoms with Gasteiger partial charge in [0.2, 0.25) is 0 Å². The van der Waals surface area contributed by atoms with Crippen LogP contribution in [0.15, 0.2) is 53.5 Å². The van der Waals surface area contributed by atoms with Crippen molar-refractivity contribution in [3.8, 4) is 22.9 Å². The summed E-state index contributed by atoms with van der Waals surface area (Å²) in [5, 5.41) is 12.5. The fourth-order valence-corrected chi connectivity index (χ4v) is 3.24. The summed E-state index contributed by atoms with van der Waals surface area (Å²) < 4.78 is 15.5. The van der Waals surface area contributed by atoms with Crippen molar-refractivity contribution in [2.45, 2.75) is 13.5 Å². The Morgan fingerprint density at radius 2 is 1.93 bits per heavy atom. The fourth-order valence-electron chi connectivity index (χ4n) is 3.01. The number of methoxy groups -OCH3 is 1. The SMILES string of the molecule is COc1cccc(-n2nnn(C)c2=O)c1COc1ccc(-n2ccc(C)n2)cc1Cl. The van der Waals surface area contributed by atoms with Crippen LogP contribution in [0.4, 0.5) is 0 Å². The van der Waals surface area contributed by atoms with Crippen LogP contribution in [-0.2, 0) is 13.7 Å². The summed E-state index contributed by atoms with van der Waals surface area (Å²) in [7, 11) is 3.08. The van der Waals surface area contributed by atoms with Crippen molar-refractivity contribution < 1.29 is 9.47 Å². The van der Waals surface area contributed by atoms with Gasteiger partial charge >= 0.3 is 5.69 Å². The molecule has 0 radical (unpaired) electrons. The molecule has 2 aromatic heterocycles. The van der Waals surface area contributed by atoms with Crippen molar-refractivity contribution in [3.63, 3.8) is 0 Å². The lowest BCUT2D eigenvalue weighted by molar-refractivity contribution is 0.296. The van der Waals surface area contributed by atoms with Gasteiger partial charge in [-0.1, -0.05) is 17.7 Å². The van der Waals surface area contributed by atoms with Gasteiger partial charge in [0, 0.05) is 13.2 Å². The van der Waals surface area contributed by atoms with Crippen LogP contribution in [0.3, 0.4) is 0 Å². The number of aromatic nitrogens is 6. The molecule has 0 aliphatic carbocycles. The summed E-state index contributed by atoms with van der Waals surface area (Å²) in [6.45, 7) is 2.03. The van der Waals surface area contributed by atoms with Crippen molar-refractivity contribution in [3.05, 3.63) is 75.4 Å². The highest BCUT2D eigenvalue weighted by Crippen LogP contribution is 2.30. The Labute approximate surface area is 177 Å². The van der Waals surface area contributed by atoms with Crippen LogP contribution >= 0.6 is 11.6 Å². The van der Waals surface area contributed by atoms with E-state index in [1.54, 1.807) is 42.1 Å². The molecule has 0 N–H and O–H groups in total. The lowest BCUT2D eigenvalue weighted by Crippen LogP contribution is -2.23. The van der Waals surface area contributed by atoms with Gasteiger partial charge in [0.25, 0.3) is 0 Å². The standard InChI is InChI=1S/C20H19ClN6O3/c1-13-9-10-26(22-13)14-7-8-19(16(21)11-14)30-12-15-17(5-4-6-18(15)29-3)27-20(28)25(2)23-24-27/h4-11H,12H2,1-3H3. The second-order valence-corrected chi connectivity index (χ2v) is 6.97. The van der Waals surface area contributed by atoms with E-state index in [0.29, 0.717) is 27.8 Å². The second kappa shape index (κ2) is 8.03. The molecule has 4 aromatic rings. The number of hydrogen-bond acceptors (Lipinski definition) is 6. The number of benzene rings is 2. The van der Waals surface area contributed by atoms with Crippen molar-refractivity contribution in [2.75, 3.05) is 7.11 Å². The smallest absolute Gasteiger partial charge is 0.368 e. The summed E-state index contributed by atoms with van der Waals surface area (Å²) in [6.07, 6.45) is 1.86. The third kappa shape index (κ3) is 3.67. The quantitative estimate of drug-likeness (QED) is 0.471. The lowest BCUT2D eigenvalue weighted by Gasteiger charge is -2.15. The molecule has 0 unspecified atom stereocenters. The topological polar surface area (TPSA) is 89.0 Å². The molecule has 2 aromatic carbocycles. The van der Waals surface area contributed by atoms with Crippen LogP contribution in [0.2, 0.25) is 5.02 Å². The molecule has 154 valence electrons. The summed E-state index contributed by atoms with van der Waals surface area (Å²) >= 11 is 6.43. The summed E-state index contributed by atoms with van der Waals surface area (Å²) in [5.41, 5.74) is 2.53. The number of hydrogen-bond donors (Lipinski definition) is 0. The van der Waals surface area contributed by atoms with E-state index in [1.807, 2.05) is 25.3 Å². The van der Waals surface area contributed by atoms with Gasteiger partial charge in [-0.25, -0.2) is 9.48 Å². The predicted molar refractivity (Wildman–Crippen MR) is 111 cm³/mol. The highest BCUT2D eigenvalue weighted by molar-refractivity contribution is 6.32. The van der Waals surface area contributed by atoms with E-state index >= 15 is 0 Å². The summed E-state index contributed by atoms with van der Waals surface area (Å²) in [5.74, 6) is 1.05. The van der Waals surface area contributed by atoms with Crippen molar-refractivity contribution in [1.82, 2.24) is 29.6 Å². The summed E-state index contributed by atoms with van der Waals surface area (Å²) in [4.78, 5) is 12.3. The third-order valence-corrected chi connectivity index (χ3v) is 4.85. The molecule has 4 rings (SSSR count). The molecule has 30 heavy (non-hydrogen) atoms. The van der Waals surface area contributed by atoms with Gasteiger partial charge in [0.1, 0.15) is 18.1 Å². The molecule has 9 nitrogen and oxygen atoms in total. The number of tetrazole rings is 1. The Bertz CT molecular complexity index is 1260. The van der Waals surface area contributed by atoms with Crippen molar-refractivity contribution in [1.29, 1.82) is 0 Å². The Kier molecular flexibility index (Phi) is 5.28. The summed E-state index contributed by atoms with van der Waals surface area (Å²) in [6, 6.07) is 12.6. The number of ether oxygens (including phenoxy) is 2. The maximum Gasteiger partial charge on any atom is 0.368 e. The monoisotopic (exact) mass is 426 g/mol. The minimum Gasteiger partial charge on any atom is -0.496 e. The molecule has 2 heterocycles. The van der Waals surface area contributed by atoms with Gasteiger partial charge in [-0.2, -0.15) is 14.5 Å². The largest absolute Gasteiger partial charge is 0.496 e. The van der Waals surface area contributed by atoms with Crippen LogP contribution in [0, 0.1) is 6.92 Å². The van der Waals surface area contributed by atoms with Gasteiger partial charge < -0.3 is 9.47 Å². The number of nitrogens with zero attached hydrogens (tertiary/aromatic N) is 6. The molecular formula is C20H19ClN6O3. The van der Waals surface area contributed by atoms with Gasteiger partial charge in [-0.3, -0.25) is 0 Å². The molecule has 0 atom stereocenters. The zero-order valence-corrected chi connectivity index (χ0v) is 17.4.